The van der Waals surface area contributed by atoms with Gasteiger partial charge in [0, 0.05) is 19.4 Å². The molecule has 4 heteroatoms. The van der Waals surface area contributed by atoms with Gasteiger partial charge in [-0.15, -0.1) is 0 Å². The van der Waals surface area contributed by atoms with E-state index in [9.17, 15) is 4.79 Å². The molecule has 0 spiro atoms. The molecule has 1 aromatic carbocycles. The third-order valence-corrected chi connectivity index (χ3v) is 3.47. The molecule has 3 rings (SSSR count). The molecule has 1 heterocycles. The normalized spacial score (nSPS) is 18.7. The molecule has 0 radical (unpaired) electrons. The van der Waals surface area contributed by atoms with Crippen LogP contribution in [0.3, 0.4) is 0 Å². The number of hydrogen-bond donors (Lipinski definition) is 0. The summed E-state index contributed by atoms with van der Waals surface area (Å²) < 4.78 is 16.0. The van der Waals surface area contributed by atoms with E-state index in [1.54, 1.807) is 7.11 Å². The van der Waals surface area contributed by atoms with Crippen molar-refractivity contribution in [2.45, 2.75) is 25.4 Å². The van der Waals surface area contributed by atoms with E-state index < -0.39 is 0 Å². The van der Waals surface area contributed by atoms with Crippen LogP contribution in [0.25, 0.3) is 0 Å². The van der Waals surface area contributed by atoms with E-state index in [1.807, 2.05) is 18.2 Å². The molecule has 96 valence electrons. The van der Waals surface area contributed by atoms with Crippen molar-refractivity contribution in [3.05, 3.63) is 23.8 Å². The van der Waals surface area contributed by atoms with Gasteiger partial charge >= 0.3 is 0 Å². The Morgan fingerprint density at radius 1 is 1.39 bits per heavy atom. The van der Waals surface area contributed by atoms with Crippen molar-refractivity contribution in [3.63, 3.8) is 0 Å². The van der Waals surface area contributed by atoms with Gasteiger partial charge in [0.05, 0.1) is 6.10 Å². The van der Waals surface area contributed by atoms with Crippen LogP contribution < -0.4 is 9.47 Å². The van der Waals surface area contributed by atoms with E-state index in [0.717, 1.165) is 29.9 Å². The number of carbonyl (C=O) groups excluding carboxylic acids is 1. The van der Waals surface area contributed by atoms with Crippen LogP contribution in [0.1, 0.15) is 30.9 Å². The summed E-state index contributed by atoms with van der Waals surface area (Å²) in [5, 5.41) is 0. The molecular weight excluding hydrogens is 232 g/mol. The molecule has 0 amide bonds. The molecule has 0 bridgehead atoms. The Hall–Kier alpha value is -1.55. The molecule has 0 N–H and O–H groups in total. The second-order valence-corrected chi connectivity index (χ2v) is 4.78. The van der Waals surface area contributed by atoms with Crippen molar-refractivity contribution >= 4 is 5.78 Å². The van der Waals surface area contributed by atoms with Gasteiger partial charge < -0.3 is 14.2 Å². The maximum absolute atomic E-state index is 11.8. The van der Waals surface area contributed by atoms with Gasteiger partial charge in [-0.2, -0.15) is 0 Å². The number of fused-ring (bicyclic) bond motifs is 1. The van der Waals surface area contributed by atoms with Gasteiger partial charge in [0.25, 0.3) is 0 Å². The van der Waals surface area contributed by atoms with Crippen LogP contribution in [0.15, 0.2) is 18.2 Å². The summed E-state index contributed by atoms with van der Waals surface area (Å²) in [5.74, 6) is 2.06. The molecule has 1 atom stereocenters. The summed E-state index contributed by atoms with van der Waals surface area (Å²) in [5.41, 5.74) is 0.968. The minimum absolute atomic E-state index is 0.187. The highest BCUT2D eigenvalue weighted by molar-refractivity contribution is 5.83. The van der Waals surface area contributed by atoms with Gasteiger partial charge in [-0.25, -0.2) is 0 Å². The van der Waals surface area contributed by atoms with Gasteiger partial charge in [-0.1, -0.05) is 6.07 Å². The number of methoxy groups -OCH3 is 1. The quantitative estimate of drug-likeness (QED) is 0.803. The molecule has 1 aliphatic heterocycles. The zero-order valence-electron chi connectivity index (χ0n) is 10.3. The third-order valence-electron chi connectivity index (χ3n) is 3.47. The molecule has 4 nitrogen and oxygen atoms in total. The Morgan fingerprint density at radius 3 is 2.89 bits per heavy atom. The smallest absolute Gasteiger partial charge is 0.231 e. The minimum atomic E-state index is -0.187. The number of Topliss-reactive ketones (excluding diaryl/α,β-unsaturated/α-hetero) is 1. The van der Waals surface area contributed by atoms with Gasteiger partial charge in [0.15, 0.2) is 11.5 Å². The average molecular weight is 248 g/mol. The number of ether oxygens (including phenoxy) is 3. The molecule has 18 heavy (non-hydrogen) atoms. The van der Waals surface area contributed by atoms with Gasteiger partial charge in [-0.3, -0.25) is 4.79 Å². The van der Waals surface area contributed by atoms with Crippen LogP contribution in [-0.2, 0) is 9.53 Å². The highest BCUT2D eigenvalue weighted by Crippen LogP contribution is 2.37. The van der Waals surface area contributed by atoms with Crippen molar-refractivity contribution in [2.75, 3.05) is 13.9 Å². The summed E-state index contributed by atoms with van der Waals surface area (Å²) in [4.78, 5) is 11.8. The van der Waals surface area contributed by atoms with Crippen molar-refractivity contribution in [1.82, 2.24) is 0 Å². The molecule has 0 aromatic heterocycles. The zero-order chi connectivity index (χ0) is 12.5. The Bertz CT molecular complexity index is 465. The summed E-state index contributed by atoms with van der Waals surface area (Å²) in [6.07, 6.45) is 2.33. The molecule has 2 aliphatic rings. The Kier molecular flexibility index (Phi) is 2.96. The Balaban J connectivity index is 1.76. The SMILES string of the molecule is COC(CC(=O)C1CC1)c1ccc2c(c1)OCO2. The molecule has 1 fully saturated rings. The molecule has 1 aromatic rings. The fourth-order valence-corrected chi connectivity index (χ4v) is 2.21. The third kappa shape index (κ3) is 2.20. The first-order valence-corrected chi connectivity index (χ1v) is 6.23. The summed E-state index contributed by atoms with van der Waals surface area (Å²) in [6.45, 7) is 0.261. The monoisotopic (exact) mass is 248 g/mol. The lowest BCUT2D eigenvalue weighted by molar-refractivity contribution is -0.122. The molecular formula is C14H16O4. The zero-order valence-corrected chi connectivity index (χ0v) is 10.3. The van der Waals surface area contributed by atoms with Crippen LogP contribution >= 0.6 is 0 Å². The van der Waals surface area contributed by atoms with Crippen molar-refractivity contribution in [2.24, 2.45) is 5.92 Å². The van der Waals surface area contributed by atoms with Gasteiger partial charge in [0.2, 0.25) is 6.79 Å². The van der Waals surface area contributed by atoms with Crippen LogP contribution in [0.4, 0.5) is 0 Å². The lowest BCUT2D eigenvalue weighted by atomic mass is 10.0. The topological polar surface area (TPSA) is 44.8 Å². The lowest BCUT2D eigenvalue weighted by Gasteiger charge is -2.15. The van der Waals surface area contributed by atoms with E-state index in [1.165, 1.54) is 0 Å². The average Bonchev–Trinajstić information content (AvgIpc) is 3.14. The molecule has 1 saturated carbocycles. The van der Waals surface area contributed by atoms with E-state index in [2.05, 4.69) is 0 Å². The second kappa shape index (κ2) is 4.61. The summed E-state index contributed by atoms with van der Waals surface area (Å²) >= 11 is 0. The predicted octanol–water partition coefficient (Wildman–Crippen LogP) is 2.47. The maximum atomic E-state index is 11.8. The van der Waals surface area contributed by atoms with Crippen LogP contribution in [-0.4, -0.2) is 19.7 Å². The number of benzene rings is 1. The van der Waals surface area contributed by atoms with Crippen LogP contribution in [0.5, 0.6) is 11.5 Å². The molecule has 1 aliphatic carbocycles. The fourth-order valence-electron chi connectivity index (χ4n) is 2.21. The van der Waals surface area contributed by atoms with Crippen LogP contribution in [0.2, 0.25) is 0 Å². The van der Waals surface area contributed by atoms with E-state index >= 15 is 0 Å². The predicted molar refractivity (Wildman–Crippen MR) is 64.7 cm³/mol. The first-order valence-electron chi connectivity index (χ1n) is 6.23. The van der Waals surface area contributed by atoms with Gasteiger partial charge in [0.1, 0.15) is 5.78 Å². The van der Waals surface area contributed by atoms with Crippen molar-refractivity contribution in [3.8, 4) is 11.5 Å². The highest BCUT2D eigenvalue weighted by atomic mass is 16.7. The number of carbonyl (C=O) groups is 1. The number of ketones is 1. The van der Waals surface area contributed by atoms with E-state index in [-0.39, 0.29) is 18.8 Å². The van der Waals surface area contributed by atoms with Gasteiger partial charge in [-0.05, 0) is 30.5 Å². The lowest BCUT2D eigenvalue weighted by Crippen LogP contribution is -2.10. The summed E-state index contributed by atoms with van der Waals surface area (Å²) in [6, 6.07) is 5.70. The number of rotatable bonds is 5. The van der Waals surface area contributed by atoms with Crippen molar-refractivity contribution in [1.29, 1.82) is 0 Å². The highest BCUT2D eigenvalue weighted by Gasteiger charge is 2.31. The fraction of sp³-hybridized carbons (Fsp3) is 0.500. The second-order valence-electron chi connectivity index (χ2n) is 4.78. The standard InChI is InChI=1S/C14H16O4/c1-16-13(7-11(15)9-2-3-9)10-4-5-12-14(6-10)18-8-17-12/h4-6,9,13H,2-3,7-8H2,1H3. The van der Waals surface area contributed by atoms with E-state index in [4.69, 9.17) is 14.2 Å². The Morgan fingerprint density at radius 2 is 2.17 bits per heavy atom. The first kappa shape index (κ1) is 11.5. The maximum Gasteiger partial charge on any atom is 0.231 e. The molecule has 0 saturated heterocycles. The molecule has 1 unspecified atom stereocenters. The van der Waals surface area contributed by atoms with Crippen LogP contribution in [0, 0.1) is 5.92 Å². The Labute approximate surface area is 106 Å². The van der Waals surface area contributed by atoms with Crippen molar-refractivity contribution < 1.29 is 19.0 Å². The van der Waals surface area contributed by atoms with E-state index in [0.29, 0.717) is 12.2 Å². The summed E-state index contributed by atoms with van der Waals surface area (Å²) in [7, 11) is 1.63. The largest absolute Gasteiger partial charge is 0.454 e. The number of hydrogen-bond acceptors (Lipinski definition) is 4. The first-order chi connectivity index (χ1) is 8.78. The minimum Gasteiger partial charge on any atom is -0.454 e.